The third kappa shape index (κ3) is 4.65. The van der Waals surface area contributed by atoms with E-state index in [-0.39, 0.29) is 17.2 Å². The lowest BCUT2D eigenvalue weighted by molar-refractivity contribution is 0.0716. The number of pyridine rings is 2. The molecule has 5 heterocycles. The minimum atomic E-state index is -0.140. The van der Waals surface area contributed by atoms with Gasteiger partial charge in [0.1, 0.15) is 11.3 Å². The van der Waals surface area contributed by atoms with Crippen molar-refractivity contribution >= 4 is 34.5 Å². The molecule has 10 heteroatoms. The Labute approximate surface area is 199 Å². The number of rotatable bonds is 4. The highest BCUT2D eigenvalue weighted by molar-refractivity contribution is 6.30. The second kappa shape index (κ2) is 8.87. The lowest BCUT2D eigenvalue weighted by Gasteiger charge is -2.39. The van der Waals surface area contributed by atoms with Crippen LogP contribution in [0.4, 0.5) is 0 Å². The second-order valence-corrected chi connectivity index (χ2v) is 9.25. The first-order valence-electron chi connectivity index (χ1n) is 10.7. The number of piperazine rings is 1. The molecule has 0 spiro atoms. The number of nitrogens with zero attached hydrogens (tertiary/aromatic N) is 6. The summed E-state index contributed by atoms with van der Waals surface area (Å²) in [5.74, 6) is 0. The Hall–Kier alpha value is -2.78. The van der Waals surface area contributed by atoms with Crippen LogP contribution in [0.3, 0.4) is 0 Å². The van der Waals surface area contributed by atoms with E-state index in [1.165, 1.54) is 8.80 Å². The van der Waals surface area contributed by atoms with Gasteiger partial charge < -0.3 is 0 Å². The Balaban J connectivity index is 1.28. The molecule has 0 radical (unpaired) electrons. The maximum atomic E-state index is 12.5. The van der Waals surface area contributed by atoms with Crippen molar-refractivity contribution in [1.82, 2.24) is 28.6 Å². The summed E-state index contributed by atoms with van der Waals surface area (Å²) in [6, 6.07) is 10.4. The van der Waals surface area contributed by atoms with Gasteiger partial charge in [-0.15, -0.1) is 0 Å². The smallest absolute Gasteiger partial charge is 0.258 e. The maximum absolute atomic E-state index is 12.5. The Morgan fingerprint density at radius 2 is 1.39 bits per heavy atom. The van der Waals surface area contributed by atoms with Crippen LogP contribution in [0.2, 0.25) is 10.0 Å². The molecule has 1 aliphatic heterocycles. The van der Waals surface area contributed by atoms with Crippen molar-refractivity contribution < 1.29 is 0 Å². The van der Waals surface area contributed by atoms with Gasteiger partial charge in [-0.05, 0) is 31.2 Å². The van der Waals surface area contributed by atoms with Crippen LogP contribution >= 0.6 is 23.2 Å². The van der Waals surface area contributed by atoms with Crippen molar-refractivity contribution in [3.63, 3.8) is 0 Å². The van der Waals surface area contributed by atoms with E-state index in [4.69, 9.17) is 23.2 Å². The largest absolute Gasteiger partial charge is 0.295 e. The summed E-state index contributed by atoms with van der Waals surface area (Å²) in [6.45, 7) is 5.83. The number of halogens is 2. The first-order valence-corrected chi connectivity index (χ1v) is 11.4. The van der Waals surface area contributed by atoms with Gasteiger partial charge in [0.05, 0.1) is 21.4 Å². The molecule has 170 valence electrons. The average Bonchev–Trinajstić information content (AvgIpc) is 2.77. The van der Waals surface area contributed by atoms with Gasteiger partial charge in [0.25, 0.3) is 11.1 Å². The normalized spacial score (nSPS) is 17.7. The quantitative estimate of drug-likeness (QED) is 0.443. The zero-order valence-corrected chi connectivity index (χ0v) is 19.5. The molecule has 1 unspecified atom stereocenters. The Morgan fingerprint density at radius 1 is 0.848 bits per heavy atom. The highest BCUT2D eigenvalue weighted by Crippen LogP contribution is 2.16. The van der Waals surface area contributed by atoms with Gasteiger partial charge in [-0.25, -0.2) is 9.97 Å². The predicted molar refractivity (Wildman–Crippen MR) is 128 cm³/mol. The van der Waals surface area contributed by atoms with Crippen LogP contribution in [-0.2, 0) is 13.1 Å². The van der Waals surface area contributed by atoms with Crippen LogP contribution in [0.5, 0.6) is 0 Å². The van der Waals surface area contributed by atoms with Crippen LogP contribution in [-0.4, -0.2) is 54.2 Å². The van der Waals surface area contributed by atoms with Crippen LogP contribution in [0.15, 0.2) is 58.4 Å². The fourth-order valence-electron chi connectivity index (χ4n) is 4.30. The number of hydrogen-bond donors (Lipinski definition) is 0. The van der Waals surface area contributed by atoms with Gasteiger partial charge in [-0.2, -0.15) is 0 Å². The average molecular weight is 485 g/mol. The standard InChI is InChI=1S/C23H22Cl2N6O2/c1-15-10-28(13-18-8-22(32)30-11-16(24)2-4-20(30)26-18)6-7-29(15)14-19-9-23(33)31-12-17(25)3-5-21(31)27-19/h2-5,8-9,11-12,15H,6-7,10,13-14H2,1H3. The van der Waals surface area contributed by atoms with E-state index in [1.54, 1.807) is 48.8 Å². The SMILES string of the molecule is CC1CN(Cc2cc(=O)n3cc(Cl)ccc3n2)CCN1Cc1cc(=O)n2cc(Cl)ccc2n1. The van der Waals surface area contributed by atoms with Crippen LogP contribution in [0.25, 0.3) is 11.3 Å². The van der Waals surface area contributed by atoms with E-state index in [1.807, 2.05) is 0 Å². The molecule has 0 aromatic carbocycles. The van der Waals surface area contributed by atoms with E-state index in [2.05, 4.69) is 26.7 Å². The molecule has 0 bridgehead atoms. The molecular formula is C23H22Cl2N6O2. The van der Waals surface area contributed by atoms with Gasteiger partial charge >= 0.3 is 0 Å². The van der Waals surface area contributed by atoms with Crippen molar-refractivity contribution in [2.45, 2.75) is 26.1 Å². The summed E-state index contributed by atoms with van der Waals surface area (Å²) in [7, 11) is 0. The Bertz CT molecular complexity index is 1470. The van der Waals surface area contributed by atoms with Crippen molar-refractivity contribution in [2.24, 2.45) is 0 Å². The van der Waals surface area contributed by atoms with Gasteiger partial charge in [-0.3, -0.25) is 28.2 Å². The first-order chi connectivity index (χ1) is 15.9. The molecule has 4 aromatic heterocycles. The summed E-state index contributed by atoms with van der Waals surface area (Å²) in [5.41, 5.74) is 2.38. The summed E-state index contributed by atoms with van der Waals surface area (Å²) in [6.07, 6.45) is 3.16. The Morgan fingerprint density at radius 3 is 1.94 bits per heavy atom. The monoisotopic (exact) mass is 484 g/mol. The van der Waals surface area contributed by atoms with E-state index in [0.29, 0.717) is 34.4 Å². The molecule has 0 N–H and O–H groups in total. The molecule has 0 saturated carbocycles. The summed E-state index contributed by atoms with van der Waals surface area (Å²) in [5, 5.41) is 0.993. The lowest BCUT2D eigenvalue weighted by Crippen LogP contribution is -2.51. The molecule has 1 fully saturated rings. The van der Waals surface area contributed by atoms with Crippen LogP contribution < -0.4 is 11.1 Å². The van der Waals surface area contributed by atoms with Crippen molar-refractivity contribution in [3.05, 3.63) is 90.9 Å². The minimum Gasteiger partial charge on any atom is -0.295 e. The van der Waals surface area contributed by atoms with E-state index in [9.17, 15) is 9.59 Å². The predicted octanol–water partition coefficient (Wildman–Crippen LogP) is 2.72. The molecule has 5 rings (SSSR count). The van der Waals surface area contributed by atoms with Crippen LogP contribution in [0, 0.1) is 0 Å². The first kappa shape index (κ1) is 22.0. The van der Waals surface area contributed by atoms with Gasteiger partial charge in [0.15, 0.2) is 0 Å². The van der Waals surface area contributed by atoms with Gasteiger partial charge in [-0.1, -0.05) is 23.2 Å². The summed E-state index contributed by atoms with van der Waals surface area (Å²) >= 11 is 12.0. The number of aromatic nitrogens is 4. The molecular weight excluding hydrogens is 463 g/mol. The third-order valence-corrected chi connectivity index (χ3v) is 6.40. The maximum Gasteiger partial charge on any atom is 0.258 e. The fraction of sp³-hybridized carbons (Fsp3) is 0.304. The van der Waals surface area contributed by atoms with Crippen molar-refractivity contribution in [1.29, 1.82) is 0 Å². The molecule has 0 amide bonds. The molecule has 8 nitrogen and oxygen atoms in total. The zero-order chi connectivity index (χ0) is 23.1. The van der Waals surface area contributed by atoms with Crippen molar-refractivity contribution in [3.8, 4) is 0 Å². The fourth-order valence-corrected chi connectivity index (χ4v) is 4.62. The second-order valence-electron chi connectivity index (χ2n) is 8.38. The molecule has 4 aromatic rings. The highest BCUT2D eigenvalue weighted by atomic mass is 35.5. The molecule has 1 saturated heterocycles. The van der Waals surface area contributed by atoms with Gasteiger partial charge in [0.2, 0.25) is 0 Å². The lowest BCUT2D eigenvalue weighted by atomic mass is 10.1. The van der Waals surface area contributed by atoms with Gasteiger partial charge in [0, 0.05) is 63.3 Å². The van der Waals surface area contributed by atoms with E-state index < -0.39 is 0 Å². The minimum absolute atomic E-state index is 0.140. The Kier molecular flexibility index (Phi) is 5.92. The van der Waals surface area contributed by atoms with E-state index >= 15 is 0 Å². The molecule has 0 aliphatic carbocycles. The highest BCUT2D eigenvalue weighted by Gasteiger charge is 2.25. The molecule has 33 heavy (non-hydrogen) atoms. The van der Waals surface area contributed by atoms with E-state index in [0.717, 1.165) is 31.0 Å². The summed E-state index contributed by atoms with van der Waals surface area (Å²) < 4.78 is 2.92. The van der Waals surface area contributed by atoms with Crippen LogP contribution in [0.1, 0.15) is 18.3 Å². The number of fused-ring (bicyclic) bond motifs is 2. The third-order valence-electron chi connectivity index (χ3n) is 5.95. The summed E-state index contributed by atoms with van der Waals surface area (Å²) in [4.78, 5) is 38.8. The zero-order valence-electron chi connectivity index (χ0n) is 18.0. The molecule has 1 aliphatic rings. The molecule has 1 atom stereocenters. The number of hydrogen-bond acceptors (Lipinski definition) is 6. The topological polar surface area (TPSA) is 75.2 Å². The van der Waals surface area contributed by atoms with Crippen molar-refractivity contribution in [2.75, 3.05) is 19.6 Å².